The molecule has 2 aliphatic rings. The van der Waals surface area contributed by atoms with E-state index in [0.717, 1.165) is 12.8 Å². The number of fused-ring (bicyclic) bond motifs is 1. The summed E-state index contributed by atoms with van der Waals surface area (Å²) in [5.41, 5.74) is 7.41. The molecule has 1 aromatic heterocycles. The summed E-state index contributed by atoms with van der Waals surface area (Å²) in [5.74, 6) is 1.86. The molecule has 0 aromatic carbocycles. The van der Waals surface area contributed by atoms with Crippen molar-refractivity contribution in [3.05, 3.63) is 17.7 Å². The van der Waals surface area contributed by atoms with Gasteiger partial charge in [-0.2, -0.15) is 0 Å². The Kier molecular flexibility index (Phi) is 2.92. The number of likely N-dealkylation sites (tertiary alicyclic amines) is 1. The Morgan fingerprint density at radius 1 is 1.29 bits per heavy atom. The Hall–Kier alpha value is -0.870. The molecule has 94 valence electrons. The number of hydrogen-bond donors (Lipinski definition) is 1. The summed E-state index contributed by atoms with van der Waals surface area (Å²) in [5, 5.41) is 0. The van der Waals surface area contributed by atoms with Crippen LogP contribution in [-0.2, 0) is 6.42 Å². The van der Waals surface area contributed by atoms with E-state index in [1.807, 2.05) is 0 Å². The summed E-state index contributed by atoms with van der Waals surface area (Å²) < 4.78 is 2.21. The van der Waals surface area contributed by atoms with Crippen molar-refractivity contribution in [1.82, 2.24) is 14.5 Å². The molecule has 0 aliphatic carbocycles. The Balaban J connectivity index is 1.80. The molecule has 1 atom stereocenters. The van der Waals surface area contributed by atoms with Gasteiger partial charge < -0.3 is 15.2 Å². The fourth-order valence-electron chi connectivity index (χ4n) is 3.03. The predicted molar refractivity (Wildman–Crippen MR) is 67.9 cm³/mol. The lowest BCUT2D eigenvalue weighted by Crippen LogP contribution is -2.29. The highest BCUT2D eigenvalue weighted by molar-refractivity contribution is 5.13. The fourth-order valence-corrected chi connectivity index (χ4v) is 3.03. The molecule has 1 aromatic rings. The summed E-state index contributed by atoms with van der Waals surface area (Å²) in [6.07, 6.45) is 8.23. The molecular weight excluding hydrogens is 212 g/mol. The maximum Gasteiger partial charge on any atom is 0.110 e. The van der Waals surface area contributed by atoms with Crippen molar-refractivity contribution in [3.63, 3.8) is 0 Å². The molecule has 4 heteroatoms. The average molecular weight is 234 g/mol. The number of imidazole rings is 1. The van der Waals surface area contributed by atoms with E-state index in [2.05, 4.69) is 22.7 Å². The van der Waals surface area contributed by atoms with Crippen molar-refractivity contribution in [2.45, 2.75) is 44.2 Å². The standard InChI is InChI=1S/C13H22N4/c1-16-7-5-10(6-8-16)11-9-17-12(14)3-2-4-13(17)15-11/h9-10,12H,2-8,14H2,1H3. The third kappa shape index (κ3) is 2.11. The van der Waals surface area contributed by atoms with Crippen molar-refractivity contribution in [3.8, 4) is 0 Å². The van der Waals surface area contributed by atoms with Crippen LogP contribution in [0.4, 0.5) is 0 Å². The number of nitrogens with two attached hydrogens (primary N) is 1. The van der Waals surface area contributed by atoms with Crippen molar-refractivity contribution < 1.29 is 0 Å². The van der Waals surface area contributed by atoms with E-state index in [-0.39, 0.29) is 6.17 Å². The molecule has 1 fully saturated rings. The van der Waals surface area contributed by atoms with Gasteiger partial charge in [-0.05, 0) is 45.8 Å². The fraction of sp³-hybridized carbons (Fsp3) is 0.769. The van der Waals surface area contributed by atoms with Gasteiger partial charge in [0.05, 0.1) is 11.9 Å². The minimum Gasteiger partial charge on any atom is -0.319 e. The first kappa shape index (κ1) is 11.2. The molecule has 3 heterocycles. The molecule has 3 rings (SSSR count). The zero-order valence-electron chi connectivity index (χ0n) is 10.6. The van der Waals surface area contributed by atoms with Crippen LogP contribution in [0.5, 0.6) is 0 Å². The van der Waals surface area contributed by atoms with Gasteiger partial charge in [0.1, 0.15) is 5.82 Å². The van der Waals surface area contributed by atoms with Gasteiger partial charge in [-0.25, -0.2) is 4.98 Å². The summed E-state index contributed by atoms with van der Waals surface area (Å²) in [6.45, 7) is 2.39. The third-order valence-electron chi connectivity index (χ3n) is 4.22. The van der Waals surface area contributed by atoms with Crippen molar-refractivity contribution in [1.29, 1.82) is 0 Å². The van der Waals surface area contributed by atoms with Gasteiger partial charge in [-0.3, -0.25) is 0 Å². The molecule has 0 saturated carbocycles. The van der Waals surface area contributed by atoms with Crippen molar-refractivity contribution in [2.24, 2.45) is 5.73 Å². The largest absolute Gasteiger partial charge is 0.319 e. The number of piperidine rings is 1. The molecule has 2 N–H and O–H groups in total. The Bertz CT molecular complexity index is 390. The number of hydrogen-bond acceptors (Lipinski definition) is 3. The molecule has 0 spiro atoms. The van der Waals surface area contributed by atoms with Gasteiger partial charge in [0, 0.05) is 18.5 Å². The molecule has 0 amide bonds. The second-order valence-corrected chi connectivity index (χ2v) is 5.53. The highest BCUT2D eigenvalue weighted by Crippen LogP contribution is 2.29. The summed E-state index contributed by atoms with van der Waals surface area (Å²) in [7, 11) is 2.20. The molecule has 1 unspecified atom stereocenters. The number of aromatic nitrogens is 2. The highest BCUT2D eigenvalue weighted by atomic mass is 15.2. The Morgan fingerprint density at radius 3 is 2.76 bits per heavy atom. The van der Waals surface area contributed by atoms with Crippen molar-refractivity contribution in [2.75, 3.05) is 20.1 Å². The zero-order chi connectivity index (χ0) is 11.8. The SMILES string of the molecule is CN1CCC(c2cn3c(n2)CCCC3N)CC1. The molecule has 2 aliphatic heterocycles. The molecule has 0 radical (unpaired) electrons. The van der Waals surface area contributed by atoms with E-state index >= 15 is 0 Å². The van der Waals surface area contributed by atoms with E-state index in [1.165, 1.54) is 43.9 Å². The van der Waals surface area contributed by atoms with Crippen LogP contribution < -0.4 is 5.73 Å². The molecule has 17 heavy (non-hydrogen) atoms. The first-order valence-electron chi connectivity index (χ1n) is 6.76. The topological polar surface area (TPSA) is 47.1 Å². The van der Waals surface area contributed by atoms with E-state index in [4.69, 9.17) is 10.7 Å². The van der Waals surface area contributed by atoms with Crippen LogP contribution in [0.1, 0.15) is 49.3 Å². The quantitative estimate of drug-likeness (QED) is 0.800. The summed E-state index contributed by atoms with van der Waals surface area (Å²) >= 11 is 0. The van der Waals surface area contributed by atoms with E-state index in [9.17, 15) is 0 Å². The van der Waals surface area contributed by atoms with Crippen LogP contribution in [0.25, 0.3) is 0 Å². The van der Waals surface area contributed by atoms with Crippen LogP contribution in [0.3, 0.4) is 0 Å². The van der Waals surface area contributed by atoms with E-state index in [0.29, 0.717) is 5.92 Å². The average Bonchev–Trinajstić information content (AvgIpc) is 2.75. The van der Waals surface area contributed by atoms with E-state index in [1.54, 1.807) is 0 Å². The monoisotopic (exact) mass is 234 g/mol. The van der Waals surface area contributed by atoms with Crippen LogP contribution in [-0.4, -0.2) is 34.6 Å². The molecule has 0 bridgehead atoms. The van der Waals surface area contributed by atoms with Crippen molar-refractivity contribution >= 4 is 0 Å². The number of rotatable bonds is 1. The minimum atomic E-state index is 0.159. The van der Waals surface area contributed by atoms with Gasteiger partial charge >= 0.3 is 0 Å². The van der Waals surface area contributed by atoms with Crippen LogP contribution >= 0.6 is 0 Å². The Morgan fingerprint density at radius 2 is 2.06 bits per heavy atom. The smallest absolute Gasteiger partial charge is 0.110 e. The lowest BCUT2D eigenvalue weighted by atomic mass is 9.94. The second-order valence-electron chi connectivity index (χ2n) is 5.53. The second kappa shape index (κ2) is 4.42. The Labute approximate surface area is 103 Å². The van der Waals surface area contributed by atoms with Crippen LogP contribution in [0, 0.1) is 0 Å². The first-order chi connectivity index (χ1) is 8.24. The third-order valence-corrected chi connectivity index (χ3v) is 4.22. The normalized spacial score (nSPS) is 27.1. The first-order valence-corrected chi connectivity index (χ1v) is 6.76. The number of aryl methyl sites for hydroxylation is 1. The molecule has 1 saturated heterocycles. The van der Waals surface area contributed by atoms with Crippen LogP contribution in [0.2, 0.25) is 0 Å². The summed E-state index contributed by atoms with van der Waals surface area (Å²) in [4.78, 5) is 7.22. The minimum absolute atomic E-state index is 0.159. The van der Waals surface area contributed by atoms with E-state index < -0.39 is 0 Å². The van der Waals surface area contributed by atoms with Crippen LogP contribution in [0.15, 0.2) is 6.20 Å². The molecule has 4 nitrogen and oxygen atoms in total. The molecular formula is C13H22N4. The zero-order valence-corrected chi connectivity index (χ0v) is 10.6. The van der Waals surface area contributed by atoms with Gasteiger partial charge in [0.25, 0.3) is 0 Å². The summed E-state index contributed by atoms with van der Waals surface area (Å²) in [6, 6.07) is 0. The lowest BCUT2D eigenvalue weighted by molar-refractivity contribution is 0.253. The number of nitrogens with zero attached hydrogens (tertiary/aromatic N) is 3. The van der Waals surface area contributed by atoms with Gasteiger partial charge in [-0.15, -0.1) is 0 Å². The highest BCUT2D eigenvalue weighted by Gasteiger charge is 2.24. The van der Waals surface area contributed by atoms with Gasteiger partial charge in [-0.1, -0.05) is 0 Å². The maximum absolute atomic E-state index is 6.13. The van der Waals surface area contributed by atoms with Gasteiger partial charge in [0.2, 0.25) is 0 Å². The van der Waals surface area contributed by atoms with Gasteiger partial charge in [0.15, 0.2) is 0 Å². The maximum atomic E-state index is 6.13. The lowest BCUT2D eigenvalue weighted by Gasteiger charge is -2.27. The predicted octanol–water partition coefficient (Wildman–Crippen LogP) is 1.49.